The third kappa shape index (κ3) is 7.65. The Morgan fingerprint density at radius 1 is 1.13 bits per heavy atom. The van der Waals surface area contributed by atoms with Crippen molar-refractivity contribution in [2.24, 2.45) is 11.7 Å². The van der Waals surface area contributed by atoms with Crippen LogP contribution in [0.25, 0.3) is 0 Å². The number of nitrogens with one attached hydrogen (secondary N) is 4. The van der Waals surface area contributed by atoms with Crippen molar-refractivity contribution in [1.82, 2.24) is 25.9 Å². The van der Waals surface area contributed by atoms with Gasteiger partial charge in [0.15, 0.2) is 0 Å². The van der Waals surface area contributed by atoms with E-state index >= 15 is 0 Å². The number of hydrogen-bond donors (Lipinski definition) is 8. The van der Waals surface area contributed by atoms with Gasteiger partial charge in [0.2, 0.25) is 17.7 Å². The molecule has 0 fully saturated rings. The van der Waals surface area contributed by atoms with Gasteiger partial charge in [-0.05, 0) is 5.92 Å². The number of imidazole rings is 1. The Morgan fingerprint density at radius 3 is 2.23 bits per heavy atom. The molecule has 4 atom stereocenters. The molecule has 1 aromatic heterocycles. The minimum absolute atomic E-state index is 0.0244. The molecule has 0 spiro atoms. The van der Waals surface area contributed by atoms with Crippen LogP contribution in [0.4, 0.5) is 0 Å². The highest BCUT2D eigenvalue weighted by molar-refractivity contribution is 7.80. The minimum atomic E-state index is -1.26. The van der Waals surface area contributed by atoms with E-state index in [-0.39, 0.29) is 18.1 Å². The van der Waals surface area contributed by atoms with Crippen molar-refractivity contribution in [2.75, 3.05) is 12.4 Å². The molecule has 1 aromatic rings. The van der Waals surface area contributed by atoms with Crippen LogP contribution in [0.1, 0.15) is 19.5 Å². The standard InChI is InChI=1S/C17H28N6O6S/c1-8(2)13(16(27)22-12(6-30)17(28)29)23-15(26)11(3-9-4-19-7-20-9)21-14(25)10(18)5-24/h4,7-8,10-13,24,30H,3,5-6,18H2,1-2H3,(H,19,20)(H,21,25)(H,22,27)(H,23,26)(H,28,29). The predicted octanol–water partition coefficient (Wildman–Crippen LogP) is -2.60. The molecule has 3 amide bonds. The number of hydrogen-bond acceptors (Lipinski definition) is 8. The van der Waals surface area contributed by atoms with Crippen molar-refractivity contribution in [3.05, 3.63) is 18.2 Å². The second kappa shape index (κ2) is 12.1. The number of nitrogens with two attached hydrogens (primary N) is 1. The lowest BCUT2D eigenvalue weighted by molar-refractivity contribution is -0.142. The monoisotopic (exact) mass is 444 g/mol. The van der Waals surface area contributed by atoms with Crippen LogP contribution in [-0.2, 0) is 25.6 Å². The number of aliphatic hydroxyl groups is 1. The van der Waals surface area contributed by atoms with E-state index in [0.717, 1.165) is 0 Å². The summed E-state index contributed by atoms with van der Waals surface area (Å²) in [6.07, 6.45) is 2.89. The molecule has 0 aliphatic rings. The number of thiol groups is 1. The summed E-state index contributed by atoms with van der Waals surface area (Å²) >= 11 is 3.90. The Bertz CT molecular complexity index is 728. The van der Waals surface area contributed by atoms with Gasteiger partial charge >= 0.3 is 5.97 Å². The first-order chi connectivity index (χ1) is 14.1. The highest BCUT2D eigenvalue weighted by Gasteiger charge is 2.31. The van der Waals surface area contributed by atoms with Crippen LogP contribution in [-0.4, -0.2) is 80.4 Å². The van der Waals surface area contributed by atoms with Crippen molar-refractivity contribution in [3.8, 4) is 0 Å². The number of aliphatic hydroxyl groups excluding tert-OH is 1. The normalized spacial score (nSPS) is 15.0. The lowest BCUT2D eigenvalue weighted by atomic mass is 10.0. The highest BCUT2D eigenvalue weighted by Crippen LogP contribution is 2.06. The Kier molecular flexibility index (Phi) is 10.3. The Hall–Kier alpha value is -2.64. The first-order valence-electron chi connectivity index (χ1n) is 9.19. The fraction of sp³-hybridized carbons (Fsp3) is 0.588. The van der Waals surface area contributed by atoms with Crippen molar-refractivity contribution >= 4 is 36.3 Å². The number of carboxylic acids is 1. The zero-order valence-corrected chi connectivity index (χ0v) is 17.6. The van der Waals surface area contributed by atoms with E-state index in [1.54, 1.807) is 13.8 Å². The number of aliphatic carboxylic acids is 1. The van der Waals surface area contributed by atoms with Crippen LogP contribution in [0, 0.1) is 5.92 Å². The first kappa shape index (κ1) is 25.4. The fourth-order valence-corrected chi connectivity index (χ4v) is 2.67. The van der Waals surface area contributed by atoms with Crippen LogP contribution in [0.3, 0.4) is 0 Å². The smallest absolute Gasteiger partial charge is 0.327 e. The SMILES string of the molecule is CC(C)C(NC(=O)C(Cc1cnc[nH]1)NC(=O)C(N)CO)C(=O)NC(CS)C(=O)O. The van der Waals surface area contributed by atoms with Crippen molar-refractivity contribution in [3.63, 3.8) is 0 Å². The quantitative estimate of drug-likeness (QED) is 0.160. The summed E-state index contributed by atoms with van der Waals surface area (Å²) in [6, 6.07) is -4.63. The molecule has 1 rings (SSSR count). The van der Waals surface area contributed by atoms with Gasteiger partial charge in [0.25, 0.3) is 0 Å². The van der Waals surface area contributed by atoms with Gasteiger partial charge in [-0.25, -0.2) is 9.78 Å². The molecular formula is C17H28N6O6S. The van der Waals surface area contributed by atoms with Crippen molar-refractivity contribution in [1.29, 1.82) is 0 Å². The van der Waals surface area contributed by atoms with Gasteiger partial charge in [-0.1, -0.05) is 13.8 Å². The topological polar surface area (TPSA) is 200 Å². The van der Waals surface area contributed by atoms with E-state index in [1.807, 2.05) is 0 Å². The Balaban J connectivity index is 2.97. The molecule has 12 nitrogen and oxygen atoms in total. The van der Waals surface area contributed by atoms with Crippen LogP contribution in [0.2, 0.25) is 0 Å². The lowest BCUT2D eigenvalue weighted by Crippen LogP contribution is -2.59. The van der Waals surface area contributed by atoms with Crippen molar-refractivity contribution < 1.29 is 29.4 Å². The fourth-order valence-electron chi connectivity index (χ4n) is 2.42. The number of amides is 3. The second-order valence-electron chi connectivity index (χ2n) is 6.94. The van der Waals surface area contributed by atoms with Gasteiger partial charge in [-0.3, -0.25) is 14.4 Å². The predicted molar refractivity (Wildman–Crippen MR) is 109 cm³/mol. The summed E-state index contributed by atoms with van der Waals surface area (Å²) in [4.78, 5) is 55.3. The maximum Gasteiger partial charge on any atom is 0.327 e. The molecule has 8 N–H and O–H groups in total. The summed E-state index contributed by atoms with van der Waals surface area (Å²) in [5, 5.41) is 25.4. The number of carbonyl (C=O) groups is 4. The number of H-pyrrole nitrogens is 1. The van der Waals surface area contributed by atoms with Crippen LogP contribution >= 0.6 is 12.6 Å². The van der Waals surface area contributed by atoms with Gasteiger partial charge in [-0.15, -0.1) is 0 Å². The van der Waals surface area contributed by atoms with Gasteiger partial charge < -0.3 is 36.9 Å². The summed E-state index contributed by atoms with van der Waals surface area (Å²) in [5.74, 6) is -3.89. The number of carbonyl (C=O) groups excluding carboxylic acids is 3. The zero-order chi connectivity index (χ0) is 22.8. The molecule has 0 radical (unpaired) electrons. The lowest BCUT2D eigenvalue weighted by Gasteiger charge is -2.26. The highest BCUT2D eigenvalue weighted by atomic mass is 32.1. The largest absolute Gasteiger partial charge is 0.480 e. The van der Waals surface area contributed by atoms with E-state index in [1.165, 1.54) is 12.5 Å². The molecule has 0 bridgehead atoms. The van der Waals surface area contributed by atoms with E-state index in [0.29, 0.717) is 5.69 Å². The molecule has 30 heavy (non-hydrogen) atoms. The van der Waals surface area contributed by atoms with Crippen LogP contribution in [0.15, 0.2) is 12.5 Å². The third-order valence-corrected chi connectivity index (χ3v) is 4.55. The third-order valence-electron chi connectivity index (χ3n) is 4.19. The summed E-state index contributed by atoms with van der Waals surface area (Å²) in [5.41, 5.74) is 6.03. The average Bonchev–Trinajstić information content (AvgIpc) is 3.21. The van der Waals surface area contributed by atoms with Gasteiger partial charge in [0, 0.05) is 24.1 Å². The number of carboxylic acid groups (broad SMARTS) is 1. The molecular weight excluding hydrogens is 416 g/mol. The molecule has 1 heterocycles. The zero-order valence-electron chi connectivity index (χ0n) is 16.7. The van der Waals surface area contributed by atoms with E-state index < -0.39 is 54.5 Å². The van der Waals surface area contributed by atoms with E-state index in [9.17, 15) is 19.2 Å². The van der Waals surface area contributed by atoms with Gasteiger partial charge in [-0.2, -0.15) is 12.6 Å². The molecule has 0 aliphatic heterocycles. The Morgan fingerprint density at radius 2 is 1.77 bits per heavy atom. The van der Waals surface area contributed by atoms with Crippen LogP contribution < -0.4 is 21.7 Å². The molecule has 4 unspecified atom stereocenters. The number of aromatic amines is 1. The molecule has 0 saturated heterocycles. The second-order valence-corrected chi connectivity index (χ2v) is 7.31. The van der Waals surface area contributed by atoms with E-state index in [2.05, 4.69) is 38.5 Å². The van der Waals surface area contributed by atoms with Crippen LogP contribution in [0.5, 0.6) is 0 Å². The summed E-state index contributed by atoms with van der Waals surface area (Å²) in [6.45, 7) is 2.73. The Labute approximate surface area is 178 Å². The summed E-state index contributed by atoms with van der Waals surface area (Å²) in [7, 11) is 0. The van der Waals surface area contributed by atoms with Gasteiger partial charge in [0.1, 0.15) is 24.2 Å². The maximum atomic E-state index is 12.8. The van der Waals surface area contributed by atoms with E-state index in [4.69, 9.17) is 15.9 Å². The molecule has 0 saturated carbocycles. The average molecular weight is 445 g/mol. The first-order valence-corrected chi connectivity index (χ1v) is 9.82. The molecule has 168 valence electrons. The summed E-state index contributed by atoms with van der Waals surface area (Å²) < 4.78 is 0. The molecule has 0 aliphatic carbocycles. The maximum absolute atomic E-state index is 12.8. The molecule has 13 heteroatoms. The minimum Gasteiger partial charge on any atom is -0.480 e. The van der Waals surface area contributed by atoms with Gasteiger partial charge in [0.05, 0.1) is 12.9 Å². The molecule has 0 aromatic carbocycles. The number of nitrogens with zero attached hydrogens (tertiary/aromatic N) is 1. The number of aromatic nitrogens is 2. The van der Waals surface area contributed by atoms with Crippen molar-refractivity contribution in [2.45, 2.75) is 44.4 Å². The number of rotatable bonds is 12.